The number of alkyl carbamates (subject to hydrolysis) is 1. The number of aromatic nitrogens is 2. The van der Waals surface area contributed by atoms with Crippen molar-refractivity contribution in [3.63, 3.8) is 0 Å². The Labute approximate surface area is 303 Å². The minimum atomic E-state index is -3.82. The smallest absolute Gasteiger partial charge is 0.407 e. The van der Waals surface area contributed by atoms with Crippen molar-refractivity contribution in [3.8, 4) is 5.75 Å². The molecule has 0 radical (unpaired) electrons. The van der Waals surface area contributed by atoms with Crippen LogP contribution in [-0.4, -0.2) is 90.7 Å². The molecule has 16 heteroatoms. The number of benzene rings is 1. The molecule has 5 rings (SSSR count). The predicted molar refractivity (Wildman–Crippen MR) is 193 cm³/mol. The van der Waals surface area contributed by atoms with Gasteiger partial charge in [0.2, 0.25) is 21.8 Å². The number of rotatable bonds is 17. The van der Waals surface area contributed by atoms with E-state index in [1.165, 1.54) is 11.0 Å². The number of aromatic amines is 1. The van der Waals surface area contributed by atoms with Crippen molar-refractivity contribution in [3.05, 3.63) is 46.9 Å². The van der Waals surface area contributed by atoms with Gasteiger partial charge in [-0.25, -0.2) is 18.2 Å². The monoisotopic (exact) mass is 742 g/mol. The molecule has 5 atom stereocenters. The molecule has 15 nitrogen and oxygen atoms in total. The van der Waals surface area contributed by atoms with E-state index >= 15 is 0 Å². The molecule has 0 bridgehead atoms. The van der Waals surface area contributed by atoms with Gasteiger partial charge >= 0.3 is 6.09 Å². The lowest BCUT2D eigenvalue weighted by Gasteiger charge is -2.28. The lowest BCUT2D eigenvalue weighted by Crippen LogP contribution is -2.56. The molecular weight excluding hydrogens is 692 g/mol. The standard InChI is InChI=1S/C36H50N6O9S/c1-4-22(2)32(35(46)41-52(48,49)25-16-17-25)40-34(45)29-13-9-19-42(29)31(43)21-37-36(47)51-30-14-8-11-23(30)10-6-5-7-12-27-33(44)39-28-20-24(50-3)15-18-26(28)38-27/h4,15,18,20,22-23,25,29-30,32H,1,5-14,16-17,19,21H2,2-3H3,(H,37,47)(H,39,44)(H,40,45)(H,41,46)/t22-,23?,29?,30+,32?/m0/s1. The Hall–Kier alpha value is -4.47. The number of amides is 4. The van der Waals surface area contributed by atoms with Gasteiger partial charge in [0.15, 0.2) is 0 Å². The van der Waals surface area contributed by atoms with Gasteiger partial charge < -0.3 is 30.0 Å². The largest absolute Gasteiger partial charge is 0.497 e. The van der Waals surface area contributed by atoms with Crippen molar-refractivity contribution in [1.29, 1.82) is 0 Å². The second kappa shape index (κ2) is 17.4. The molecule has 1 aliphatic heterocycles. The number of carbonyl (C=O) groups excluding carboxylic acids is 4. The third-order valence-electron chi connectivity index (χ3n) is 10.2. The molecule has 3 fully saturated rings. The molecule has 2 aliphatic carbocycles. The first-order valence-electron chi connectivity index (χ1n) is 18.2. The fourth-order valence-corrected chi connectivity index (χ4v) is 8.35. The number of aryl methyl sites for hydroxylation is 1. The van der Waals surface area contributed by atoms with E-state index < -0.39 is 57.1 Å². The molecule has 2 heterocycles. The molecule has 4 N–H and O–H groups in total. The maximum atomic E-state index is 13.3. The van der Waals surface area contributed by atoms with Crippen molar-refractivity contribution in [2.24, 2.45) is 11.8 Å². The van der Waals surface area contributed by atoms with Crippen molar-refractivity contribution in [2.45, 2.75) is 107 Å². The Morgan fingerprint density at radius 1 is 1.10 bits per heavy atom. The fraction of sp³-hybridized carbons (Fsp3) is 0.611. The molecule has 0 spiro atoms. The van der Waals surface area contributed by atoms with Crippen molar-refractivity contribution >= 4 is 44.9 Å². The molecule has 3 unspecified atom stereocenters. The Morgan fingerprint density at radius 3 is 2.62 bits per heavy atom. The molecule has 2 aromatic rings. The number of sulfonamides is 1. The summed E-state index contributed by atoms with van der Waals surface area (Å²) < 4.78 is 37.7. The molecule has 4 amide bonds. The summed E-state index contributed by atoms with van der Waals surface area (Å²) >= 11 is 0. The number of ether oxygens (including phenoxy) is 2. The van der Waals surface area contributed by atoms with Crippen LogP contribution in [0.25, 0.3) is 11.0 Å². The Kier molecular flexibility index (Phi) is 12.9. The highest BCUT2D eigenvalue weighted by Crippen LogP contribution is 2.32. The van der Waals surface area contributed by atoms with Gasteiger partial charge in [0, 0.05) is 18.5 Å². The van der Waals surface area contributed by atoms with Crippen LogP contribution in [0.15, 0.2) is 35.6 Å². The average molecular weight is 743 g/mol. The molecule has 1 aromatic heterocycles. The second-order valence-electron chi connectivity index (χ2n) is 14.0. The number of methoxy groups -OCH3 is 1. The molecular formula is C36H50N6O9S. The number of H-pyrrole nitrogens is 1. The molecule has 2 saturated carbocycles. The Balaban J connectivity index is 1.04. The van der Waals surface area contributed by atoms with Crippen LogP contribution >= 0.6 is 0 Å². The SMILES string of the molecule is C=C[C@H](C)C(NC(=O)C1CCCN1C(=O)CNC(=O)O[C@@H]1CCCC1CCCCCc1nc2ccc(OC)cc2[nH]c1=O)C(=O)NS(=O)(=O)C1CC1. The van der Waals surface area contributed by atoms with E-state index in [1.54, 1.807) is 26.2 Å². The summed E-state index contributed by atoms with van der Waals surface area (Å²) in [6, 6.07) is 3.30. The van der Waals surface area contributed by atoms with E-state index in [-0.39, 0.29) is 24.1 Å². The third-order valence-corrected chi connectivity index (χ3v) is 12.1. The van der Waals surface area contributed by atoms with E-state index in [2.05, 4.69) is 31.9 Å². The Bertz CT molecular complexity index is 1810. The highest BCUT2D eigenvalue weighted by Gasteiger charge is 2.41. The normalized spacial score (nSPS) is 21.3. The number of nitrogens with one attached hydrogen (secondary N) is 4. The summed E-state index contributed by atoms with van der Waals surface area (Å²) in [5.41, 5.74) is 1.64. The van der Waals surface area contributed by atoms with Crippen LogP contribution in [0.4, 0.5) is 4.79 Å². The van der Waals surface area contributed by atoms with E-state index in [0.717, 1.165) is 44.9 Å². The van der Waals surface area contributed by atoms with Gasteiger partial charge in [0.25, 0.3) is 11.5 Å². The summed E-state index contributed by atoms with van der Waals surface area (Å²) in [6.07, 6.45) is 9.01. The zero-order chi connectivity index (χ0) is 37.4. The fourth-order valence-electron chi connectivity index (χ4n) is 7.02. The summed E-state index contributed by atoms with van der Waals surface area (Å²) in [6.45, 7) is 5.24. The summed E-state index contributed by atoms with van der Waals surface area (Å²) in [7, 11) is -2.25. The van der Waals surface area contributed by atoms with E-state index in [9.17, 15) is 32.4 Å². The van der Waals surface area contributed by atoms with Gasteiger partial charge in [0.05, 0.1) is 23.4 Å². The maximum absolute atomic E-state index is 13.3. The lowest BCUT2D eigenvalue weighted by molar-refractivity contribution is -0.139. The van der Waals surface area contributed by atoms with Gasteiger partial charge in [-0.2, -0.15) is 0 Å². The number of likely N-dealkylation sites (tertiary alicyclic amines) is 1. The lowest BCUT2D eigenvalue weighted by atomic mass is 9.97. The third kappa shape index (κ3) is 9.89. The number of carbonyl (C=O) groups is 4. The molecule has 1 saturated heterocycles. The van der Waals surface area contributed by atoms with E-state index in [1.807, 2.05) is 6.07 Å². The van der Waals surface area contributed by atoms with Gasteiger partial charge in [-0.1, -0.05) is 25.8 Å². The van der Waals surface area contributed by atoms with E-state index in [0.29, 0.717) is 61.1 Å². The quantitative estimate of drug-likeness (QED) is 0.138. The molecule has 1 aromatic carbocycles. The minimum absolute atomic E-state index is 0.201. The summed E-state index contributed by atoms with van der Waals surface area (Å²) in [5, 5.41) is 4.56. The second-order valence-corrected chi connectivity index (χ2v) is 16.0. The number of hydrogen-bond donors (Lipinski definition) is 4. The van der Waals surface area contributed by atoms with Crippen molar-refractivity contribution in [2.75, 3.05) is 20.2 Å². The minimum Gasteiger partial charge on any atom is -0.497 e. The zero-order valence-corrected chi connectivity index (χ0v) is 30.7. The van der Waals surface area contributed by atoms with Crippen LogP contribution < -0.4 is 25.7 Å². The predicted octanol–water partition coefficient (Wildman–Crippen LogP) is 2.84. The summed E-state index contributed by atoms with van der Waals surface area (Å²) in [4.78, 5) is 73.4. The van der Waals surface area contributed by atoms with Crippen LogP contribution in [0.2, 0.25) is 0 Å². The van der Waals surface area contributed by atoms with Crippen molar-refractivity contribution < 1.29 is 37.1 Å². The molecule has 52 heavy (non-hydrogen) atoms. The number of hydrogen-bond acceptors (Lipinski definition) is 10. The highest BCUT2D eigenvalue weighted by atomic mass is 32.2. The number of fused-ring (bicyclic) bond motifs is 1. The topological polar surface area (TPSA) is 206 Å². The maximum Gasteiger partial charge on any atom is 0.407 e. The first kappa shape index (κ1) is 38.8. The van der Waals surface area contributed by atoms with Gasteiger partial charge in [-0.3, -0.25) is 23.9 Å². The van der Waals surface area contributed by atoms with Crippen molar-refractivity contribution in [1.82, 2.24) is 30.2 Å². The van der Waals surface area contributed by atoms with Gasteiger partial charge in [0.1, 0.15) is 36.2 Å². The first-order valence-corrected chi connectivity index (χ1v) is 19.7. The Morgan fingerprint density at radius 2 is 1.88 bits per heavy atom. The molecule has 3 aliphatic rings. The van der Waals surface area contributed by atoms with Crippen LogP contribution in [0.1, 0.15) is 83.2 Å². The van der Waals surface area contributed by atoms with Gasteiger partial charge in [-0.15, -0.1) is 6.58 Å². The number of unbranched alkanes of at least 4 members (excludes halogenated alkanes) is 2. The van der Waals surface area contributed by atoms with Crippen LogP contribution in [0.3, 0.4) is 0 Å². The first-order chi connectivity index (χ1) is 24.9. The van der Waals surface area contributed by atoms with Crippen LogP contribution in [-0.2, 0) is 35.6 Å². The molecule has 284 valence electrons. The zero-order valence-electron chi connectivity index (χ0n) is 29.9. The summed E-state index contributed by atoms with van der Waals surface area (Å²) in [5.74, 6) is -1.63. The average Bonchev–Trinajstić information content (AvgIpc) is 3.73. The van der Waals surface area contributed by atoms with Gasteiger partial charge in [-0.05, 0) is 82.3 Å². The van der Waals surface area contributed by atoms with E-state index in [4.69, 9.17) is 9.47 Å². The number of nitrogens with zero attached hydrogens (tertiary/aromatic N) is 2. The highest BCUT2D eigenvalue weighted by molar-refractivity contribution is 7.90. The van der Waals surface area contributed by atoms with Crippen LogP contribution in [0.5, 0.6) is 5.75 Å². The van der Waals surface area contributed by atoms with Crippen LogP contribution in [0, 0.1) is 11.8 Å².